The summed E-state index contributed by atoms with van der Waals surface area (Å²) in [4.78, 5) is 26.1. The summed E-state index contributed by atoms with van der Waals surface area (Å²) in [6.45, 7) is 4.63. The number of fused-ring (bicyclic) bond motifs is 1. The van der Waals surface area contributed by atoms with E-state index in [1.54, 1.807) is 0 Å². The van der Waals surface area contributed by atoms with Crippen LogP contribution in [-0.2, 0) is 9.59 Å². The molecule has 0 spiro atoms. The van der Waals surface area contributed by atoms with Gasteiger partial charge >= 0.3 is 0 Å². The molecule has 0 saturated carbocycles. The number of carbonyl (C=O) groups is 2. The van der Waals surface area contributed by atoms with Gasteiger partial charge in [0.05, 0.1) is 5.92 Å². The molecule has 0 aliphatic carbocycles. The summed E-state index contributed by atoms with van der Waals surface area (Å²) >= 11 is 0. The molecule has 3 rings (SSSR count). The number of amides is 2. The quantitative estimate of drug-likeness (QED) is 0.735. The molecule has 4 unspecified atom stereocenters. The fraction of sp³-hybridized carbons (Fsp3) is 0.867. The molecule has 20 heavy (non-hydrogen) atoms. The number of likely N-dealkylation sites (tertiary alicyclic amines) is 1. The molecular weight excluding hydrogens is 254 g/mol. The number of piperidine rings is 3. The van der Waals surface area contributed by atoms with Crippen molar-refractivity contribution in [3.05, 3.63) is 0 Å². The first-order valence-corrected chi connectivity index (χ1v) is 7.95. The number of carbonyl (C=O) groups excluding carboxylic acids is 2. The monoisotopic (exact) mass is 279 g/mol. The van der Waals surface area contributed by atoms with Crippen LogP contribution < -0.4 is 10.6 Å². The lowest BCUT2D eigenvalue weighted by Crippen LogP contribution is -2.56. The molecule has 0 aromatic carbocycles. The first-order chi connectivity index (χ1) is 9.63. The van der Waals surface area contributed by atoms with Crippen LogP contribution in [0.5, 0.6) is 0 Å². The van der Waals surface area contributed by atoms with Crippen molar-refractivity contribution in [3.8, 4) is 0 Å². The Morgan fingerprint density at radius 2 is 2.10 bits per heavy atom. The molecule has 0 aromatic rings. The summed E-state index contributed by atoms with van der Waals surface area (Å²) in [7, 11) is 0. The third-order valence-corrected chi connectivity index (χ3v) is 5.14. The SMILES string of the molecule is CC1CCC(C(=O)N2CCC3NC(=O)CCC3C2)CN1. The van der Waals surface area contributed by atoms with Crippen LogP contribution in [0.15, 0.2) is 0 Å². The fourth-order valence-corrected chi connectivity index (χ4v) is 3.78. The molecule has 5 nitrogen and oxygen atoms in total. The van der Waals surface area contributed by atoms with Crippen molar-refractivity contribution < 1.29 is 9.59 Å². The maximum absolute atomic E-state index is 12.6. The Morgan fingerprint density at radius 1 is 1.25 bits per heavy atom. The van der Waals surface area contributed by atoms with Crippen LogP contribution in [0.1, 0.15) is 39.0 Å². The first-order valence-electron chi connectivity index (χ1n) is 7.95. The second-order valence-electron chi connectivity index (χ2n) is 6.63. The molecule has 0 bridgehead atoms. The Bertz CT molecular complexity index is 391. The molecule has 3 fully saturated rings. The van der Waals surface area contributed by atoms with Crippen molar-refractivity contribution in [1.82, 2.24) is 15.5 Å². The topological polar surface area (TPSA) is 61.4 Å². The Kier molecular flexibility index (Phi) is 3.96. The predicted octanol–water partition coefficient (Wildman–Crippen LogP) is 0.502. The second kappa shape index (κ2) is 5.72. The second-order valence-corrected chi connectivity index (χ2v) is 6.63. The molecule has 0 aromatic heterocycles. The van der Waals surface area contributed by atoms with E-state index in [4.69, 9.17) is 0 Å². The fourth-order valence-electron chi connectivity index (χ4n) is 3.78. The van der Waals surface area contributed by atoms with Crippen molar-refractivity contribution in [3.63, 3.8) is 0 Å². The molecule has 0 radical (unpaired) electrons. The number of nitrogens with one attached hydrogen (secondary N) is 2. The predicted molar refractivity (Wildman–Crippen MR) is 76.0 cm³/mol. The van der Waals surface area contributed by atoms with Gasteiger partial charge < -0.3 is 15.5 Å². The third-order valence-electron chi connectivity index (χ3n) is 5.14. The zero-order valence-electron chi connectivity index (χ0n) is 12.2. The molecule has 2 amide bonds. The van der Waals surface area contributed by atoms with E-state index in [0.29, 0.717) is 30.3 Å². The van der Waals surface area contributed by atoms with Gasteiger partial charge in [-0.1, -0.05) is 0 Å². The normalized spacial score (nSPS) is 38.0. The molecule has 5 heteroatoms. The lowest BCUT2D eigenvalue weighted by molar-refractivity contribution is -0.139. The van der Waals surface area contributed by atoms with Crippen molar-refractivity contribution >= 4 is 11.8 Å². The van der Waals surface area contributed by atoms with E-state index in [1.807, 2.05) is 4.90 Å². The van der Waals surface area contributed by atoms with Gasteiger partial charge in [0, 0.05) is 38.1 Å². The number of hydrogen-bond acceptors (Lipinski definition) is 3. The molecule has 3 aliphatic rings. The summed E-state index contributed by atoms with van der Waals surface area (Å²) in [6.07, 6.45) is 4.56. The van der Waals surface area contributed by atoms with Gasteiger partial charge in [-0.25, -0.2) is 0 Å². The van der Waals surface area contributed by atoms with Gasteiger partial charge in [-0.3, -0.25) is 9.59 Å². The zero-order valence-corrected chi connectivity index (χ0v) is 12.2. The van der Waals surface area contributed by atoms with E-state index in [-0.39, 0.29) is 11.8 Å². The van der Waals surface area contributed by atoms with Crippen LogP contribution in [0.25, 0.3) is 0 Å². The summed E-state index contributed by atoms with van der Waals surface area (Å²) in [5, 5.41) is 6.48. The van der Waals surface area contributed by atoms with Crippen molar-refractivity contribution in [1.29, 1.82) is 0 Å². The highest BCUT2D eigenvalue weighted by Crippen LogP contribution is 2.27. The van der Waals surface area contributed by atoms with Crippen LogP contribution in [0.4, 0.5) is 0 Å². The smallest absolute Gasteiger partial charge is 0.226 e. The first kappa shape index (κ1) is 13.9. The Hall–Kier alpha value is -1.10. The van der Waals surface area contributed by atoms with Gasteiger partial charge in [-0.2, -0.15) is 0 Å². The van der Waals surface area contributed by atoms with Crippen LogP contribution >= 0.6 is 0 Å². The van der Waals surface area contributed by atoms with Crippen molar-refractivity contribution in [2.75, 3.05) is 19.6 Å². The molecule has 112 valence electrons. The van der Waals surface area contributed by atoms with Gasteiger partial charge in [0.25, 0.3) is 0 Å². The van der Waals surface area contributed by atoms with Crippen LogP contribution in [0.2, 0.25) is 0 Å². The van der Waals surface area contributed by atoms with Gasteiger partial charge in [-0.05, 0) is 38.5 Å². The average molecular weight is 279 g/mol. The minimum absolute atomic E-state index is 0.154. The van der Waals surface area contributed by atoms with Gasteiger partial charge in [0.2, 0.25) is 11.8 Å². The molecular formula is C15H25N3O2. The summed E-state index contributed by atoms with van der Waals surface area (Å²) in [5.41, 5.74) is 0. The minimum Gasteiger partial charge on any atom is -0.353 e. The Labute approximate surface area is 120 Å². The van der Waals surface area contributed by atoms with Crippen molar-refractivity contribution in [2.45, 2.75) is 51.1 Å². The third kappa shape index (κ3) is 2.82. The highest BCUT2D eigenvalue weighted by atomic mass is 16.2. The Morgan fingerprint density at radius 3 is 2.85 bits per heavy atom. The average Bonchev–Trinajstić information content (AvgIpc) is 2.47. The van der Waals surface area contributed by atoms with E-state index < -0.39 is 0 Å². The number of hydrogen-bond donors (Lipinski definition) is 2. The number of rotatable bonds is 1. The zero-order chi connectivity index (χ0) is 14.1. The lowest BCUT2D eigenvalue weighted by atomic mass is 9.84. The van der Waals surface area contributed by atoms with E-state index >= 15 is 0 Å². The van der Waals surface area contributed by atoms with Crippen LogP contribution in [-0.4, -0.2) is 48.4 Å². The van der Waals surface area contributed by atoms with Crippen LogP contribution in [0.3, 0.4) is 0 Å². The molecule has 2 N–H and O–H groups in total. The summed E-state index contributed by atoms with van der Waals surface area (Å²) in [5.74, 6) is 1.11. The summed E-state index contributed by atoms with van der Waals surface area (Å²) < 4.78 is 0. The minimum atomic E-state index is 0.154. The van der Waals surface area contributed by atoms with Crippen LogP contribution in [0, 0.1) is 11.8 Å². The van der Waals surface area contributed by atoms with Gasteiger partial charge in [0.1, 0.15) is 0 Å². The molecule has 3 aliphatic heterocycles. The van der Waals surface area contributed by atoms with Gasteiger partial charge in [-0.15, -0.1) is 0 Å². The molecule has 3 saturated heterocycles. The maximum Gasteiger partial charge on any atom is 0.226 e. The lowest BCUT2D eigenvalue weighted by Gasteiger charge is -2.43. The highest BCUT2D eigenvalue weighted by Gasteiger charge is 2.37. The van der Waals surface area contributed by atoms with E-state index in [1.165, 1.54) is 0 Å². The van der Waals surface area contributed by atoms with E-state index in [0.717, 1.165) is 45.3 Å². The molecule has 4 atom stereocenters. The largest absolute Gasteiger partial charge is 0.353 e. The van der Waals surface area contributed by atoms with Gasteiger partial charge in [0.15, 0.2) is 0 Å². The maximum atomic E-state index is 12.6. The standard InChI is InChI=1S/C15H25N3O2/c1-10-2-3-11(8-16-10)15(20)18-7-6-13-12(9-18)4-5-14(19)17-13/h10-13,16H,2-9H2,1H3,(H,17,19). The number of nitrogens with zero attached hydrogens (tertiary/aromatic N) is 1. The molecule has 3 heterocycles. The van der Waals surface area contributed by atoms with E-state index in [2.05, 4.69) is 17.6 Å². The summed E-state index contributed by atoms with van der Waals surface area (Å²) in [6, 6.07) is 0.836. The Balaban J connectivity index is 1.56. The van der Waals surface area contributed by atoms with E-state index in [9.17, 15) is 9.59 Å². The van der Waals surface area contributed by atoms with Crippen molar-refractivity contribution in [2.24, 2.45) is 11.8 Å². The highest BCUT2D eigenvalue weighted by molar-refractivity contribution is 5.80.